The van der Waals surface area contributed by atoms with E-state index in [-0.39, 0.29) is 17.7 Å². The third kappa shape index (κ3) is 3.90. The highest BCUT2D eigenvalue weighted by atomic mass is 19.1. The zero-order valence-electron chi connectivity index (χ0n) is 11.7. The Morgan fingerprint density at radius 3 is 2.71 bits per heavy atom. The molecule has 1 atom stereocenters. The monoisotopic (exact) mass is 296 g/mol. The first kappa shape index (κ1) is 15.2. The summed E-state index contributed by atoms with van der Waals surface area (Å²) >= 11 is 0. The van der Waals surface area contributed by atoms with Crippen LogP contribution in [0.4, 0.5) is 10.1 Å². The second kappa shape index (κ2) is 6.51. The number of ether oxygens (including phenoxy) is 1. The zero-order chi connectivity index (χ0) is 15.4. The van der Waals surface area contributed by atoms with Gasteiger partial charge in [-0.1, -0.05) is 12.8 Å². The fraction of sp³-hybridized carbons (Fsp3) is 0.500. The Morgan fingerprint density at radius 1 is 1.48 bits per heavy atom. The Morgan fingerprint density at radius 2 is 2.14 bits per heavy atom. The summed E-state index contributed by atoms with van der Waals surface area (Å²) in [4.78, 5) is 21.6. The zero-order valence-corrected chi connectivity index (χ0v) is 11.7. The lowest BCUT2D eigenvalue weighted by Gasteiger charge is -2.18. The van der Waals surface area contributed by atoms with Gasteiger partial charge in [0.2, 0.25) is 5.82 Å². The van der Waals surface area contributed by atoms with Crippen molar-refractivity contribution in [3.63, 3.8) is 0 Å². The van der Waals surface area contributed by atoms with Gasteiger partial charge in [-0.2, -0.15) is 4.39 Å². The van der Waals surface area contributed by atoms with E-state index in [9.17, 15) is 19.3 Å². The average Bonchev–Trinajstić information content (AvgIpc) is 2.91. The predicted molar refractivity (Wildman–Crippen MR) is 73.5 cm³/mol. The van der Waals surface area contributed by atoms with Crippen LogP contribution in [0, 0.1) is 15.9 Å². The smallest absolute Gasteiger partial charge is 0.305 e. The Kier molecular flexibility index (Phi) is 4.72. The standard InChI is InChI=1S/C14H17FN2O4/c1-9(14(18)16-10-4-2-3-5-10)21-11-6-7-13(17(19)20)12(15)8-11/h6-10H,2-5H2,1H3,(H,16,18). The van der Waals surface area contributed by atoms with Crippen LogP contribution in [0.3, 0.4) is 0 Å². The summed E-state index contributed by atoms with van der Waals surface area (Å²) in [5.41, 5.74) is -0.620. The Labute approximate surface area is 121 Å². The van der Waals surface area contributed by atoms with Crippen molar-refractivity contribution in [2.75, 3.05) is 0 Å². The van der Waals surface area contributed by atoms with E-state index >= 15 is 0 Å². The number of nitrogens with one attached hydrogen (secondary N) is 1. The molecule has 1 amide bonds. The van der Waals surface area contributed by atoms with Crippen LogP contribution in [-0.2, 0) is 4.79 Å². The maximum Gasteiger partial charge on any atom is 0.305 e. The van der Waals surface area contributed by atoms with E-state index in [0.717, 1.165) is 37.8 Å². The maximum absolute atomic E-state index is 13.5. The minimum atomic E-state index is -0.985. The fourth-order valence-corrected chi connectivity index (χ4v) is 2.36. The van der Waals surface area contributed by atoms with Crippen molar-refractivity contribution in [3.05, 3.63) is 34.1 Å². The molecule has 1 fully saturated rings. The van der Waals surface area contributed by atoms with Gasteiger partial charge in [0.15, 0.2) is 6.10 Å². The molecule has 2 rings (SSSR count). The number of nitro benzene ring substituents is 1. The van der Waals surface area contributed by atoms with Gasteiger partial charge in [-0.3, -0.25) is 14.9 Å². The molecule has 114 valence electrons. The number of hydrogen-bond acceptors (Lipinski definition) is 4. The number of carbonyl (C=O) groups is 1. The third-order valence-corrected chi connectivity index (χ3v) is 3.50. The molecular formula is C14H17FN2O4. The normalized spacial score (nSPS) is 16.5. The molecule has 0 aromatic heterocycles. The molecule has 1 N–H and O–H groups in total. The molecule has 1 unspecified atom stereocenters. The summed E-state index contributed by atoms with van der Waals surface area (Å²) in [5, 5.41) is 13.4. The summed E-state index contributed by atoms with van der Waals surface area (Å²) in [6.45, 7) is 1.56. The van der Waals surface area contributed by atoms with Crippen LogP contribution in [-0.4, -0.2) is 23.0 Å². The second-order valence-electron chi connectivity index (χ2n) is 5.12. The summed E-state index contributed by atoms with van der Waals surface area (Å²) in [5.74, 6) is -1.16. The number of rotatable bonds is 5. The van der Waals surface area contributed by atoms with Crippen LogP contribution in [0.2, 0.25) is 0 Å². The van der Waals surface area contributed by atoms with E-state index in [0.29, 0.717) is 0 Å². The lowest BCUT2D eigenvalue weighted by Crippen LogP contribution is -2.41. The maximum atomic E-state index is 13.5. The van der Waals surface area contributed by atoms with Gasteiger partial charge in [0.05, 0.1) is 4.92 Å². The first-order chi connectivity index (χ1) is 9.97. The van der Waals surface area contributed by atoms with Gasteiger partial charge in [0.25, 0.3) is 5.91 Å². The molecule has 1 aromatic rings. The van der Waals surface area contributed by atoms with Gasteiger partial charge in [0.1, 0.15) is 5.75 Å². The molecule has 0 saturated heterocycles. The van der Waals surface area contributed by atoms with Crippen LogP contribution >= 0.6 is 0 Å². The molecule has 0 aliphatic heterocycles. The molecule has 1 aromatic carbocycles. The second-order valence-corrected chi connectivity index (χ2v) is 5.12. The SMILES string of the molecule is CC(Oc1ccc([N+](=O)[O-])c(F)c1)C(=O)NC1CCCC1. The number of nitro groups is 1. The molecule has 0 radical (unpaired) electrons. The van der Waals surface area contributed by atoms with Crippen molar-refractivity contribution >= 4 is 11.6 Å². The highest BCUT2D eigenvalue weighted by Crippen LogP contribution is 2.23. The number of hydrogen-bond donors (Lipinski definition) is 1. The number of halogens is 1. The molecule has 0 heterocycles. The van der Waals surface area contributed by atoms with Crippen LogP contribution in [0.5, 0.6) is 5.75 Å². The van der Waals surface area contributed by atoms with E-state index in [1.807, 2.05) is 0 Å². The minimum Gasteiger partial charge on any atom is -0.481 e. The van der Waals surface area contributed by atoms with Crippen LogP contribution in [0.1, 0.15) is 32.6 Å². The Balaban J connectivity index is 1.95. The van der Waals surface area contributed by atoms with Gasteiger partial charge in [-0.25, -0.2) is 0 Å². The van der Waals surface area contributed by atoms with Gasteiger partial charge in [0, 0.05) is 18.2 Å². The molecule has 7 heteroatoms. The van der Waals surface area contributed by atoms with Crippen LogP contribution in [0.15, 0.2) is 18.2 Å². The van der Waals surface area contributed by atoms with Crippen LogP contribution in [0.25, 0.3) is 0 Å². The van der Waals surface area contributed by atoms with E-state index in [4.69, 9.17) is 4.74 Å². The number of benzene rings is 1. The molecular weight excluding hydrogens is 279 g/mol. The summed E-state index contributed by atoms with van der Waals surface area (Å²) in [7, 11) is 0. The van der Waals surface area contributed by atoms with Crippen molar-refractivity contribution in [2.45, 2.75) is 44.8 Å². The molecule has 0 spiro atoms. The molecule has 1 aliphatic rings. The highest BCUT2D eigenvalue weighted by Gasteiger charge is 2.22. The van der Waals surface area contributed by atoms with E-state index < -0.39 is 22.5 Å². The highest BCUT2D eigenvalue weighted by molar-refractivity contribution is 5.81. The molecule has 1 aliphatic carbocycles. The van der Waals surface area contributed by atoms with Gasteiger partial charge in [-0.15, -0.1) is 0 Å². The summed E-state index contributed by atoms with van der Waals surface area (Å²) < 4.78 is 18.8. The van der Waals surface area contributed by atoms with Crippen molar-refractivity contribution < 1.29 is 18.8 Å². The lowest BCUT2D eigenvalue weighted by atomic mass is 10.2. The van der Waals surface area contributed by atoms with Crippen molar-refractivity contribution in [1.82, 2.24) is 5.32 Å². The van der Waals surface area contributed by atoms with E-state index in [1.54, 1.807) is 6.92 Å². The fourth-order valence-electron chi connectivity index (χ4n) is 2.36. The third-order valence-electron chi connectivity index (χ3n) is 3.50. The topological polar surface area (TPSA) is 81.5 Å². The van der Waals surface area contributed by atoms with Crippen molar-refractivity contribution in [2.24, 2.45) is 0 Å². The lowest BCUT2D eigenvalue weighted by molar-refractivity contribution is -0.387. The molecule has 21 heavy (non-hydrogen) atoms. The summed E-state index contributed by atoms with van der Waals surface area (Å²) in [6, 6.07) is 3.39. The summed E-state index contributed by atoms with van der Waals surface area (Å²) in [6.07, 6.45) is 3.35. The molecule has 1 saturated carbocycles. The van der Waals surface area contributed by atoms with Gasteiger partial charge in [-0.05, 0) is 25.8 Å². The average molecular weight is 296 g/mol. The van der Waals surface area contributed by atoms with Gasteiger partial charge >= 0.3 is 5.69 Å². The predicted octanol–water partition coefficient (Wildman–Crippen LogP) is 2.56. The molecule has 0 bridgehead atoms. The van der Waals surface area contributed by atoms with E-state index in [1.165, 1.54) is 6.07 Å². The Hall–Kier alpha value is -2.18. The first-order valence-corrected chi connectivity index (χ1v) is 6.88. The number of nitrogens with zero attached hydrogens (tertiary/aromatic N) is 1. The quantitative estimate of drug-likeness (QED) is 0.668. The largest absolute Gasteiger partial charge is 0.481 e. The van der Waals surface area contributed by atoms with E-state index in [2.05, 4.69) is 5.32 Å². The van der Waals surface area contributed by atoms with Gasteiger partial charge < -0.3 is 10.1 Å². The first-order valence-electron chi connectivity index (χ1n) is 6.88. The minimum absolute atomic E-state index is 0.0900. The Bertz CT molecular complexity index is 544. The molecule has 6 nitrogen and oxygen atoms in total. The van der Waals surface area contributed by atoms with Crippen molar-refractivity contribution in [1.29, 1.82) is 0 Å². The number of amides is 1. The van der Waals surface area contributed by atoms with Crippen molar-refractivity contribution in [3.8, 4) is 5.75 Å². The van der Waals surface area contributed by atoms with Crippen LogP contribution < -0.4 is 10.1 Å². The number of carbonyl (C=O) groups excluding carboxylic acids is 1.